The molecule has 0 unspecified atom stereocenters. The molecule has 108 valence electrons. The number of nitrogens with zero attached hydrogens (tertiary/aromatic N) is 1. The summed E-state index contributed by atoms with van der Waals surface area (Å²) in [6.45, 7) is 4.48. The van der Waals surface area contributed by atoms with E-state index in [1.54, 1.807) is 0 Å². The summed E-state index contributed by atoms with van der Waals surface area (Å²) >= 11 is 0. The van der Waals surface area contributed by atoms with Gasteiger partial charge in [-0.05, 0) is 43.2 Å². The van der Waals surface area contributed by atoms with Crippen molar-refractivity contribution in [2.75, 3.05) is 0 Å². The molecule has 0 bridgehead atoms. The van der Waals surface area contributed by atoms with E-state index in [0.29, 0.717) is 5.41 Å². The number of aromatic nitrogens is 1. The molecule has 1 heterocycles. The number of carbonyl (C=O) groups excluding carboxylic acids is 1. The number of pyridine rings is 1. The minimum atomic E-state index is -1.13. The highest BCUT2D eigenvalue weighted by Crippen LogP contribution is 2.35. The lowest BCUT2D eigenvalue weighted by molar-refractivity contribution is 0.0690. The van der Waals surface area contributed by atoms with Gasteiger partial charge in [0.05, 0.1) is 0 Å². The van der Waals surface area contributed by atoms with Crippen LogP contribution in [-0.4, -0.2) is 28.0 Å². The highest BCUT2D eigenvalue weighted by Gasteiger charge is 2.27. The van der Waals surface area contributed by atoms with Crippen molar-refractivity contribution in [3.8, 4) is 0 Å². The molecule has 0 atom stereocenters. The van der Waals surface area contributed by atoms with Crippen molar-refractivity contribution in [1.82, 2.24) is 10.3 Å². The Morgan fingerprint density at radius 1 is 1.25 bits per heavy atom. The van der Waals surface area contributed by atoms with E-state index in [9.17, 15) is 9.59 Å². The van der Waals surface area contributed by atoms with Gasteiger partial charge in [0.2, 0.25) is 0 Å². The van der Waals surface area contributed by atoms with Gasteiger partial charge >= 0.3 is 5.97 Å². The minimum Gasteiger partial charge on any atom is -0.477 e. The standard InChI is InChI=1S/C15H20N2O3/c1-15(2)8-6-10(7-9-15)16-13(18)11-4-3-5-12(17-11)14(19)20/h3-5,10H,6-9H2,1-2H3,(H,16,18)(H,19,20). The van der Waals surface area contributed by atoms with Crippen molar-refractivity contribution in [3.63, 3.8) is 0 Å². The fraction of sp³-hybridized carbons (Fsp3) is 0.533. The third-order valence-electron chi connectivity index (χ3n) is 3.88. The van der Waals surface area contributed by atoms with Crippen LogP contribution in [0.5, 0.6) is 0 Å². The molecule has 1 aromatic rings. The minimum absolute atomic E-state index is 0.109. The topological polar surface area (TPSA) is 79.3 Å². The third kappa shape index (κ3) is 3.56. The molecule has 5 nitrogen and oxygen atoms in total. The summed E-state index contributed by atoms with van der Waals surface area (Å²) in [7, 11) is 0. The van der Waals surface area contributed by atoms with E-state index < -0.39 is 5.97 Å². The molecular formula is C15H20N2O3. The van der Waals surface area contributed by atoms with Crippen LogP contribution in [0.3, 0.4) is 0 Å². The molecule has 2 N–H and O–H groups in total. The number of hydrogen-bond donors (Lipinski definition) is 2. The SMILES string of the molecule is CC1(C)CCC(NC(=O)c2cccc(C(=O)O)n2)CC1. The van der Waals surface area contributed by atoms with Crippen LogP contribution < -0.4 is 5.32 Å². The zero-order valence-electron chi connectivity index (χ0n) is 11.8. The van der Waals surface area contributed by atoms with E-state index in [4.69, 9.17) is 5.11 Å². The van der Waals surface area contributed by atoms with Gasteiger partial charge in [0.25, 0.3) is 5.91 Å². The Labute approximate surface area is 118 Å². The first kappa shape index (κ1) is 14.5. The van der Waals surface area contributed by atoms with Crippen molar-refractivity contribution >= 4 is 11.9 Å². The van der Waals surface area contributed by atoms with Gasteiger partial charge in [0.15, 0.2) is 0 Å². The molecule has 1 fully saturated rings. The Morgan fingerprint density at radius 2 is 1.85 bits per heavy atom. The van der Waals surface area contributed by atoms with Crippen molar-refractivity contribution in [3.05, 3.63) is 29.6 Å². The monoisotopic (exact) mass is 276 g/mol. The van der Waals surface area contributed by atoms with Gasteiger partial charge in [-0.3, -0.25) is 4.79 Å². The molecule has 1 saturated carbocycles. The highest BCUT2D eigenvalue weighted by molar-refractivity contribution is 5.94. The Bertz CT molecular complexity index is 516. The fourth-order valence-corrected chi connectivity index (χ4v) is 2.48. The van der Waals surface area contributed by atoms with Crippen LogP contribution in [0.2, 0.25) is 0 Å². The molecule has 1 aromatic heterocycles. The van der Waals surface area contributed by atoms with Gasteiger partial charge in [-0.25, -0.2) is 9.78 Å². The maximum atomic E-state index is 12.1. The van der Waals surface area contributed by atoms with E-state index in [2.05, 4.69) is 24.1 Å². The molecule has 0 aliphatic heterocycles. The van der Waals surface area contributed by atoms with Crippen LogP contribution in [0.15, 0.2) is 18.2 Å². The quantitative estimate of drug-likeness (QED) is 0.889. The maximum Gasteiger partial charge on any atom is 0.354 e. The Morgan fingerprint density at radius 3 is 2.45 bits per heavy atom. The average Bonchev–Trinajstić information content (AvgIpc) is 2.41. The van der Waals surface area contributed by atoms with Gasteiger partial charge in [-0.2, -0.15) is 0 Å². The first-order valence-corrected chi connectivity index (χ1v) is 6.89. The molecule has 1 aliphatic rings. The lowest BCUT2D eigenvalue weighted by atomic mass is 9.75. The molecule has 0 radical (unpaired) electrons. The lowest BCUT2D eigenvalue weighted by Gasteiger charge is -2.34. The molecule has 0 spiro atoms. The largest absolute Gasteiger partial charge is 0.477 e. The highest BCUT2D eigenvalue weighted by atomic mass is 16.4. The van der Waals surface area contributed by atoms with E-state index in [-0.39, 0.29) is 23.3 Å². The van der Waals surface area contributed by atoms with Crippen LogP contribution in [0.1, 0.15) is 60.5 Å². The summed E-state index contributed by atoms with van der Waals surface area (Å²) in [5, 5.41) is 11.8. The van der Waals surface area contributed by atoms with E-state index >= 15 is 0 Å². The second-order valence-electron chi connectivity index (χ2n) is 6.13. The van der Waals surface area contributed by atoms with Gasteiger partial charge < -0.3 is 10.4 Å². The van der Waals surface area contributed by atoms with Crippen LogP contribution >= 0.6 is 0 Å². The molecular weight excluding hydrogens is 256 g/mol. The molecule has 5 heteroatoms. The normalized spacial score (nSPS) is 18.5. The van der Waals surface area contributed by atoms with Crippen molar-refractivity contribution in [1.29, 1.82) is 0 Å². The van der Waals surface area contributed by atoms with Gasteiger partial charge in [0, 0.05) is 6.04 Å². The third-order valence-corrected chi connectivity index (χ3v) is 3.88. The van der Waals surface area contributed by atoms with Gasteiger partial charge in [-0.1, -0.05) is 19.9 Å². The number of amides is 1. The average molecular weight is 276 g/mol. The Hall–Kier alpha value is -1.91. The van der Waals surface area contributed by atoms with E-state index in [1.165, 1.54) is 18.2 Å². The van der Waals surface area contributed by atoms with Crippen molar-refractivity contribution in [2.45, 2.75) is 45.6 Å². The molecule has 2 rings (SSSR count). The summed E-state index contributed by atoms with van der Waals surface area (Å²) in [5.41, 5.74) is 0.403. The molecule has 0 aromatic carbocycles. The molecule has 1 amide bonds. The first-order valence-electron chi connectivity index (χ1n) is 6.89. The van der Waals surface area contributed by atoms with E-state index in [1.807, 2.05) is 0 Å². The number of carbonyl (C=O) groups is 2. The predicted octanol–water partition coefficient (Wildman–Crippen LogP) is 2.48. The second kappa shape index (κ2) is 5.61. The smallest absolute Gasteiger partial charge is 0.354 e. The summed E-state index contributed by atoms with van der Waals surface area (Å²) in [6.07, 6.45) is 4.08. The number of carboxylic acids is 1. The molecule has 0 saturated heterocycles. The number of nitrogens with one attached hydrogen (secondary N) is 1. The molecule has 1 aliphatic carbocycles. The Kier molecular flexibility index (Phi) is 4.06. The fourth-order valence-electron chi connectivity index (χ4n) is 2.48. The predicted molar refractivity (Wildman–Crippen MR) is 74.7 cm³/mol. The number of carboxylic acid groups (broad SMARTS) is 1. The number of rotatable bonds is 3. The summed E-state index contributed by atoms with van der Waals surface area (Å²) in [5.74, 6) is -1.42. The van der Waals surface area contributed by atoms with Crippen LogP contribution in [-0.2, 0) is 0 Å². The Balaban J connectivity index is 1.99. The molecule has 20 heavy (non-hydrogen) atoms. The first-order chi connectivity index (χ1) is 9.37. The van der Waals surface area contributed by atoms with Crippen LogP contribution in [0, 0.1) is 5.41 Å². The number of hydrogen-bond acceptors (Lipinski definition) is 3. The summed E-state index contributed by atoms with van der Waals surface area (Å²) in [4.78, 5) is 26.8. The summed E-state index contributed by atoms with van der Waals surface area (Å²) < 4.78 is 0. The van der Waals surface area contributed by atoms with Crippen molar-refractivity contribution < 1.29 is 14.7 Å². The lowest BCUT2D eigenvalue weighted by Crippen LogP contribution is -2.39. The van der Waals surface area contributed by atoms with Gasteiger partial charge in [0.1, 0.15) is 11.4 Å². The van der Waals surface area contributed by atoms with Crippen LogP contribution in [0.25, 0.3) is 0 Å². The maximum absolute atomic E-state index is 12.1. The van der Waals surface area contributed by atoms with Crippen molar-refractivity contribution in [2.24, 2.45) is 5.41 Å². The zero-order valence-corrected chi connectivity index (χ0v) is 11.8. The summed E-state index contributed by atoms with van der Waals surface area (Å²) in [6, 6.07) is 4.61. The van der Waals surface area contributed by atoms with E-state index in [0.717, 1.165) is 25.7 Å². The van der Waals surface area contributed by atoms with Crippen LogP contribution in [0.4, 0.5) is 0 Å². The zero-order chi connectivity index (χ0) is 14.8. The number of aromatic carboxylic acids is 1. The second-order valence-corrected chi connectivity index (χ2v) is 6.13. The van der Waals surface area contributed by atoms with Gasteiger partial charge in [-0.15, -0.1) is 0 Å².